The Morgan fingerprint density at radius 3 is 2.30 bits per heavy atom. The second-order valence-electron chi connectivity index (χ2n) is 6.20. The predicted molar refractivity (Wildman–Crippen MR) is 110 cm³/mol. The van der Waals surface area contributed by atoms with E-state index < -0.39 is 0 Å². The molecule has 0 saturated heterocycles. The van der Waals surface area contributed by atoms with Crippen molar-refractivity contribution in [3.63, 3.8) is 0 Å². The van der Waals surface area contributed by atoms with Gasteiger partial charge in [-0.3, -0.25) is 9.59 Å². The molecule has 0 aliphatic rings. The summed E-state index contributed by atoms with van der Waals surface area (Å²) in [6.45, 7) is 5.50. The third-order valence-corrected chi connectivity index (χ3v) is 4.71. The number of hydrogen-bond acceptors (Lipinski definition) is 3. The van der Waals surface area contributed by atoms with Crippen molar-refractivity contribution < 1.29 is 14.3 Å². The van der Waals surface area contributed by atoms with Crippen LogP contribution in [-0.2, 0) is 9.59 Å². The number of hydrogen-bond donors (Lipinski definition) is 2. The van der Waals surface area contributed by atoms with Crippen LogP contribution in [0.2, 0.25) is 10.0 Å². The first kappa shape index (κ1) is 21.1. The number of carbonyl (C=O) groups excluding carboxylic acids is 2. The summed E-state index contributed by atoms with van der Waals surface area (Å²) in [7, 11) is 0. The van der Waals surface area contributed by atoms with E-state index in [2.05, 4.69) is 10.6 Å². The molecule has 0 spiro atoms. The minimum absolute atomic E-state index is 0.0890. The summed E-state index contributed by atoms with van der Waals surface area (Å²) in [5.41, 5.74) is 2.73. The molecular weight excluding hydrogens is 387 g/mol. The van der Waals surface area contributed by atoms with Crippen LogP contribution in [0.4, 0.5) is 11.4 Å². The minimum atomic E-state index is -0.362. The summed E-state index contributed by atoms with van der Waals surface area (Å²) in [4.78, 5) is 23.9. The van der Waals surface area contributed by atoms with Crippen LogP contribution in [0, 0.1) is 13.8 Å². The second-order valence-corrected chi connectivity index (χ2v) is 6.99. The number of aryl methyl sites for hydroxylation is 2. The summed E-state index contributed by atoms with van der Waals surface area (Å²) in [6, 6.07) is 8.47. The van der Waals surface area contributed by atoms with Crippen LogP contribution in [0.25, 0.3) is 0 Å². The zero-order valence-corrected chi connectivity index (χ0v) is 17.0. The molecule has 5 nitrogen and oxygen atoms in total. The monoisotopic (exact) mass is 408 g/mol. The van der Waals surface area contributed by atoms with Crippen molar-refractivity contribution in [1.29, 1.82) is 0 Å². The van der Waals surface area contributed by atoms with Gasteiger partial charge in [0.05, 0.1) is 10.7 Å². The average Bonchev–Trinajstić information content (AvgIpc) is 2.61. The third kappa shape index (κ3) is 6.15. The van der Waals surface area contributed by atoms with Gasteiger partial charge in [-0.15, -0.1) is 0 Å². The largest absolute Gasteiger partial charge is 0.484 e. The second kappa shape index (κ2) is 9.62. The Kier molecular flexibility index (Phi) is 7.51. The number of nitrogens with one attached hydrogen (secondary N) is 2. The van der Waals surface area contributed by atoms with Gasteiger partial charge in [0.2, 0.25) is 5.91 Å². The molecule has 2 N–H and O–H groups in total. The van der Waals surface area contributed by atoms with Gasteiger partial charge in [-0.25, -0.2) is 0 Å². The Hall–Kier alpha value is -2.24. The highest BCUT2D eigenvalue weighted by molar-refractivity contribution is 6.34. The molecule has 2 aromatic carbocycles. The lowest BCUT2D eigenvalue weighted by atomic mass is 10.1. The average molecular weight is 409 g/mol. The highest BCUT2D eigenvalue weighted by Gasteiger charge is 2.10. The molecule has 0 unspecified atom stereocenters. The van der Waals surface area contributed by atoms with Gasteiger partial charge in [0.1, 0.15) is 5.75 Å². The molecule has 144 valence electrons. The number of amides is 2. The predicted octanol–water partition coefficient (Wildman–Crippen LogP) is 5.37. The molecule has 0 aliphatic heterocycles. The summed E-state index contributed by atoms with van der Waals surface area (Å²) >= 11 is 12.3. The van der Waals surface area contributed by atoms with Crippen LogP contribution >= 0.6 is 23.2 Å². The van der Waals surface area contributed by atoms with Crippen LogP contribution in [0.1, 0.15) is 30.9 Å². The maximum atomic E-state index is 12.2. The Bertz CT molecular complexity index is 830. The third-order valence-electron chi connectivity index (χ3n) is 3.78. The van der Waals surface area contributed by atoms with Gasteiger partial charge in [0, 0.05) is 17.1 Å². The van der Waals surface area contributed by atoms with E-state index in [0.29, 0.717) is 33.6 Å². The quantitative estimate of drug-likeness (QED) is 0.647. The molecule has 2 aromatic rings. The molecule has 0 bridgehead atoms. The fourth-order valence-corrected chi connectivity index (χ4v) is 2.75. The fourth-order valence-electron chi connectivity index (χ4n) is 2.47. The Morgan fingerprint density at radius 1 is 1.00 bits per heavy atom. The van der Waals surface area contributed by atoms with Crippen molar-refractivity contribution in [3.8, 4) is 5.75 Å². The number of anilines is 2. The van der Waals surface area contributed by atoms with Crippen molar-refractivity contribution in [2.75, 3.05) is 17.2 Å². The topological polar surface area (TPSA) is 67.4 Å². The first-order valence-electron chi connectivity index (χ1n) is 8.59. The van der Waals surface area contributed by atoms with Crippen molar-refractivity contribution in [1.82, 2.24) is 0 Å². The Morgan fingerprint density at radius 2 is 1.67 bits per heavy atom. The Labute approximate surface area is 169 Å². The molecule has 0 aliphatic carbocycles. The smallest absolute Gasteiger partial charge is 0.262 e. The van der Waals surface area contributed by atoms with Crippen LogP contribution in [-0.4, -0.2) is 18.4 Å². The first-order chi connectivity index (χ1) is 12.8. The van der Waals surface area contributed by atoms with Crippen molar-refractivity contribution >= 4 is 46.4 Å². The number of halogens is 2. The molecule has 0 aromatic heterocycles. The summed E-state index contributed by atoms with van der Waals surface area (Å²) < 4.78 is 5.54. The van der Waals surface area contributed by atoms with Gasteiger partial charge in [-0.2, -0.15) is 0 Å². The summed E-state index contributed by atoms with van der Waals surface area (Å²) in [5.74, 6) is 0.115. The van der Waals surface area contributed by atoms with Crippen molar-refractivity contribution in [3.05, 3.63) is 51.5 Å². The SMILES string of the molecule is CCCC(=O)Nc1ccc(Cl)c(NC(=O)COc2cc(C)c(Cl)c(C)c2)c1. The number of benzene rings is 2. The molecule has 27 heavy (non-hydrogen) atoms. The van der Waals surface area contributed by atoms with Gasteiger partial charge in [-0.1, -0.05) is 30.1 Å². The minimum Gasteiger partial charge on any atom is -0.484 e. The molecule has 0 radical (unpaired) electrons. The Balaban J connectivity index is 1.99. The molecule has 0 fully saturated rings. The normalized spacial score (nSPS) is 10.4. The van der Waals surface area contributed by atoms with Crippen LogP contribution < -0.4 is 15.4 Å². The van der Waals surface area contributed by atoms with Crippen LogP contribution in [0.15, 0.2) is 30.3 Å². The van der Waals surface area contributed by atoms with E-state index in [-0.39, 0.29) is 18.4 Å². The van der Waals surface area contributed by atoms with E-state index in [0.717, 1.165) is 17.5 Å². The van der Waals surface area contributed by atoms with E-state index in [1.165, 1.54) is 0 Å². The summed E-state index contributed by atoms with van der Waals surface area (Å²) in [5, 5.41) is 6.51. The van der Waals surface area contributed by atoms with Crippen LogP contribution in [0.5, 0.6) is 5.75 Å². The zero-order chi connectivity index (χ0) is 20.0. The van der Waals surface area contributed by atoms with Gasteiger partial charge in [-0.05, 0) is 61.7 Å². The van der Waals surface area contributed by atoms with E-state index in [1.807, 2.05) is 20.8 Å². The first-order valence-corrected chi connectivity index (χ1v) is 9.34. The van der Waals surface area contributed by atoms with E-state index >= 15 is 0 Å². The van der Waals surface area contributed by atoms with Gasteiger partial charge in [0.15, 0.2) is 6.61 Å². The maximum Gasteiger partial charge on any atom is 0.262 e. The zero-order valence-electron chi connectivity index (χ0n) is 15.5. The standard InChI is InChI=1S/C20H22Cl2N2O3/c1-4-5-18(25)23-14-6-7-16(21)17(10-14)24-19(26)11-27-15-8-12(2)20(22)13(3)9-15/h6-10H,4-5,11H2,1-3H3,(H,23,25)(H,24,26). The molecule has 0 atom stereocenters. The van der Waals surface area contributed by atoms with Gasteiger partial charge >= 0.3 is 0 Å². The maximum absolute atomic E-state index is 12.2. The van der Waals surface area contributed by atoms with Gasteiger partial charge < -0.3 is 15.4 Å². The van der Waals surface area contributed by atoms with E-state index in [4.69, 9.17) is 27.9 Å². The fraction of sp³-hybridized carbons (Fsp3) is 0.300. The highest BCUT2D eigenvalue weighted by atomic mass is 35.5. The van der Waals surface area contributed by atoms with Crippen LogP contribution in [0.3, 0.4) is 0 Å². The molecule has 0 heterocycles. The van der Waals surface area contributed by atoms with Gasteiger partial charge in [0.25, 0.3) is 5.91 Å². The highest BCUT2D eigenvalue weighted by Crippen LogP contribution is 2.27. The molecule has 0 saturated carbocycles. The van der Waals surface area contributed by atoms with Crippen molar-refractivity contribution in [2.45, 2.75) is 33.6 Å². The lowest BCUT2D eigenvalue weighted by Gasteiger charge is -2.12. The molecular formula is C20H22Cl2N2O3. The molecule has 2 amide bonds. The lowest BCUT2D eigenvalue weighted by molar-refractivity contribution is -0.118. The number of carbonyl (C=O) groups is 2. The van der Waals surface area contributed by atoms with E-state index in [9.17, 15) is 9.59 Å². The molecule has 7 heteroatoms. The number of rotatable bonds is 7. The van der Waals surface area contributed by atoms with E-state index in [1.54, 1.807) is 30.3 Å². The molecule has 2 rings (SSSR count). The summed E-state index contributed by atoms with van der Waals surface area (Å²) in [6.07, 6.45) is 1.18. The number of ether oxygens (including phenoxy) is 1. The van der Waals surface area contributed by atoms with Crippen molar-refractivity contribution in [2.24, 2.45) is 0 Å². The lowest BCUT2D eigenvalue weighted by Crippen LogP contribution is -2.20.